The summed E-state index contributed by atoms with van der Waals surface area (Å²) in [5.41, 5.74) is 4.67. The molecule has 0 N–H and O–H groups in total. The fourth-order valence-electron chi connectivity index (χ4n) is 4.21. The first-order valence-electron chi connectivity index (χ1n) is 9.87. The van der Waals surface area contributed by atoms with Gasteiger partial charge in [0.1, 0.15) is 7.05 Å². The largest absolute Gasteiger partial charge is 0.221 e. The van der Waals surface area contributed by atoms with Gasteiger partial charge in [-0.25, -0.2) is 0 Å². The summed E-state index contributed by atoms with van der Waals surface area (Å²) in [5.74, 6) is 0. The highest BCUT2D eigenvalue weighted by atomic mass is 14.9. The lowest BCUT2D eigenvalue weighted by molar-refractivity contribution is -0.665. The van der Waals surface area contributed by atoms with E-state index in [4.69, 9.17) is 1.37 Å². The number of hydrogen-bond acceptors (Lipinski definition) is 0. The summed E-state index contributed by atoms with van der Waals surface area (Å²) >= 11 is 0. The van der Waals surface area contributed by atoms with Crippen LogP contribution in [0.1, 0.15) is 12.6 Å². The zero-order valence-electron chi connectivity index (χ0n) is 16.9. The van der Waals surface area contributed by atoms with Crippen LogP contribution < -0.4 is 4.57 Å². The summed E-state index contributed by atoms with van der Waals surface area (Å²) in [6.07, 6.45) is 0. The summed E-state index contributed by atoms with van der Waals surface area (Å²) in [6.45, 7) is 4.23. The highest BCUT2D eigenvalue weighted by Crippen LogP contribution is 2.36. The van der Waals surface area contributed by atoms with Crippen LogP contribution in [0.2, 0.25) is 0 Å². The van der Waals surface area contributed by atoms with Gasteiger partial charge in [0, 0.05) is 18.4 Å². The summed E-state index contributed by atoms with van der Waals surface area (Å²) in [4.78, 5) is 0. The number of pyridine rings is 1. The Labute approximate surface area is 160 Å². The molecule has 1 aromatic heterocycles. The molecule has 0 radical (unpaired) electrons. The van der Waals surface area contributed by atoms with E-state index in [-0.39, 0.29) is 0 Å². The Balaban J connectivity index is 2.05. The van der Waals surface area contributed by atoms with Crippen molar-refractivity contribution in [2.24, 2.45) is 7.05 Å². The van der Waals surface area contributed by atoms with E-state index in [0.29, 0.717) is 6.04 Å². The monoisotopic (exact) mass is 349 g/mol. The third-order valence-corrected chi connectivity index (χ3v) is 5.70. The molecule has 1 nitrogen and oxygen atoms in total. The molecule has 0 unspecified atom stereocenters. The highest BCUT2D eigenvalue weighted by molar-refractivity contribution is 6.13. The van der Waals surface area contributed by atoms with Crippen molar-refractivity contribution in [2.75, 3.05) is 0 Å². The second-order valence-electron chi connectivity index (χ2n) is 7.31. The maximum atomic E-state index is 8.87. The van der Waals surface area contributed by atoms with Gasteiger partial charge in [0.25, 0.3) is 0 Å². The van der Waals surface area contributed by atoms with Gasteiger partial charge < -0.3 is 0 Å². The molecule has 27 heavy (non-hydrogen) atoms. The zero-order valence-corrected chi connectivity index (χ0v) is 15.9. The molecule has 1 heteroatoms. The SMILES string of the molecule is [2H]c1c(C)[n+](C)c(-c2c(C)ccc3ccccc23)c2ccc3ccccc3c12. The van der Waals surface area contributed by atoms with Crippen molar-refractivity contribution in [2.45, 2.75) is 13.8 Å². The molecule has 0 aliphatic rings. The van der Waals surface area contributed by atoms with Gasteiger partial charge in [0.2, 0.25) is 5.69 Å². The number of fused-ring (bicyclic) bond motifs is 4. The molecule has 0 amide bonds. The summed E-state index contributed by atoms with van der Waals surface area (Å²) < 4.78 is 11.1. The molecular formula is C26H22N+. The smallest absolute Gasteiger partial charge is 0.198 e. The van der Waals surface area contributed by atoms with Crippen LogP contribution in [0.4, 0.5) is 0 Å². The van der Waals surface area contributed by atoms with E-state index in [1.54, 1.807) is 0 Å². The van der Waals surface area contributed by atoms with E-state index in [0.717, 1.165) is 21.9 Å². The van der Waals surface area contributed by atoms with Gasteiger partial charge in [-0.2, -0.15) is 4.57 Å². The third kappa shape index (κ3) is 2.35. The first-order chi connectivity index (χ1) is 13.6. The quantitative estimate of drug-likeness (QED) is 0.249. The zero-order chi connectivity index (χ0) is 19.4. The van der Waals surface area contributed by atoms with E-state index < -0.39 is 0 Å². The number of benzene rings is 4. The van der Waals surface area contributed by atoms with E-state index >= 15 is 0 Å². The Morgan fingerprint density at radius 2 is 1.30 bits per heavy atom. The Kier molecular flexibility index (Phi) is 3.27. The molecule has 0 spiro atoms. The first-order valence-corrected chi connectivity index (χ1v) is 9.37. The van der Waals surface area contributed by atoms with Gasteiger partial charge in [0.15, 0.2) is 5.69 Å². The van der Waals surface area contributed by atoms with Crippen molar-refractivity contribution >= 4 is 32.3 Å². The molecule has 130 valence electrons. The van der Waals surface area contributed by atoms with Crippen LogP contribution in [0, 0.1) is 13.8 Å². The minimum atomic E-state index is 0.607. The summed E-state index contributed by atoms with van der Waals surface area (Å²) in [5, 5.41) is 6.99. The predicted octanol–water partition coefficient (Wildman–Crippen LogP) is 6.25. The number of hydrogen-bond donors (Lipinski definition) is 0. The van der Waals surface area contributed by atoms with Crippen LogP contribution in [0.25, 0.3) is 43.6 Å². The van der Waals surface area contributed by atoms with Crippen LogP contribution >= 0.6 is 0 Å². The Morgan fingerprint density at radius 3 is 2.07 bits per heavy atom. The first kappa shape index (κ1) is 14.9. The lowest BCUT2D eigenvalue weighted by Crippen LogP contribution is -2.35. The van der Waals surface area contributed by atoms with Gasteiger partial charge in [0.05, 0.1) is 12.3 Å². The summed E-state index contributed by atoms with van der Waals surface area (Å²) in [7, 11) is 2.08. The van der Waals surface area contributed by atoms with Crippen molar-refractivity contribution in [3.63, 3.8) is 0 Å². The second kappa shape index (κ2) is 5.92. The molecule has 0 aliphatic heterocycles. The number of aromatic nitrogens is 1. The van der Waals surface area contributed by atoms with Gasteiger partial charge in [-0.05, 0) is 40.1 Å². The van der Waals surface area contributed by atoms with Gasteiger partial charge >= 0.3 is 0 Å². The van der Waals surface area contributed by atoms with Gasteiger partial charge in [-0.1, -0.05) is 66.7 Å². The van der Waals surface area contributed by atoms with Crippen molar-refractivity contribution in [3.05, 3.63) is 90.1 Å². The van der Waals surface area contributed by atoms with Crippen molar-refractivity contribution in [1.29, 1.82) is 0 Å². The van der Waals surface area contributed by atoms with Crippen LogP contribution in [0.5, 0.6) is 0 Å². The van der Waals surface area contributed by atoms with Gasteiger partial charge in [-0.3, -0.25) is 0 Å². The minimum absolute atomic E-state index is 0.607. The predicted molar refractivity (Wildman–Crippen MR) is 115 cm³/mol. The molecule has 5 rings (SSSR count). The summed E-state index contributed by atoms with van der Waals surface area (Å²) in [6, 6.07) is 26.3. The van der Waals surface area contributed by atoms with Crippen LogP contribution in [-0.2, 0) is 7.05 Å². The van der Waals surface area contributed by atoms with Gasteiger partial charge in [-0.15, -0.1) is 0 Å². The number of aryl methyl sites for hydroxylation is 1. The normalized spacial score (nSPS) is 12.0. The Morgan fingerprint density at radius 1 is 0.667 bits per heavy atom. The van der Waals surface area contributed by atoms with Crippen molar-refractivity contribution in [3.8, 4) is 11.3 Å². The van der Waals surface area contributed by atoms with E-state index in [9.17, 15) is 0 Å². The average molecular weight is 349 g/mol. The number of rotatable bonds is 1. The maximum Gasteiger partial charge on any atom is 0.221 e. The molecular weight excluding hydrogens is 326 g/mol. The van der Waals surface area contributed by atoms with Crippen molar-refractivity contribution in [1.82, 2.24) is 0 Å². The topological polar surface area (TPSA) is 3.88 Å². The molecule has 5 aromatic rings. The standard InChI is InChI=1S/C26H22N/c1-17-12-13-20-9-5-7-11-22(20)25(17)26-23-15-14-19-8-4-6-10-21(19)24(23)16-18(2)27(26)3/h4-16H,1-3H3/q+1/i16D. The number of nitrogens with zero attached hydrogens (tertiary/aromatic N) is 1. The molecule has 1 heterocycles. The van der Waals surface area contributed by atoms with Crippen LogP contribution in [0.3, 0.4) is 0 Å². The lowest BCUT2D eigenvalue weighted by Gasteiger charge is -2.14. The van der Waals surface area contributed by atoms with Crippen LogP contribution in [0.15, 0.2) is 78.8 Å². The molecule has 0 fully saturated rings. The van der Waals surface area contributed by atoms with E-state index in [2.05, 4.69) is 91.3 Å². The average Bonchev–Trinajstić information content (AvgIpc) is 2.73. The second-order valence-corrected chi connectivity index (χ2v) is 7.31. The molecule has 0 aliphatic carbocycles. The minimum Gasteiger partial charge on any atom is -0.198 e. The fourth-order valence-corrected chi connectivity index (χ4v) is 4.21. The third-order valence-electron chi connectivity index (χ3n) is 5.70. The van der Waals surface area contributed by atoms with Crippen LogP contribution in [-0.4, -0.2) is 0 Å². The Bertz CT molecular complexity index is 1400. The Hall–Kier alpha value is -3.19. The van der Waals surface area contributed by atoms with E-state index in [1.807, 2.05) is 6.92 Å². The molecule has 0 bridgehead atoms. The highest BCUT2D eigenvalue weighted by Gasteiger charge is 2.22. The molecule has 0 saturated carbocycles. The van der Waals surface area contributed by atoms with Crippen molar-refractivity contribution < 1.29 is 5.94 Å². The van der Waals surface area contributed by atoms with E-state index in [1.165, 1.54) is 33.0 Å². The maximum absolute atomic E-state index is 8.87. The molecule has 0 saturated heterocycles. The fraction of sp³-hybridized carbons (Fsp3) is 0.115. The molecule has 4 aromatic carbocycles. The molecule has 0 atom stereocenters. The lowest BCUT2D eigenvalue weighted by atomic mass is 9.92.